The van der Waals surface area contributed by atoms with Crippen LogP contribution in [-0.2, 0) is 4.74 Å². The smallest absolute Gasteiger partial charge is 0.203 e. The Kier molecular flexibility index (Phi) is 4.50. The number of imidazole rings is 1. The Labute approximate surface area is 116 Å². The van der Waals surface area contributed by atoms with E-state index in [1.165, 1.54) is 25.7 Å². The van der Waals surface area contributed by atoms with Crippen molar-refractivity contribution < 1.29 is 4.74 Å². The van der Waals surface area contributed by atoms with E-state index in [4.69, 9.17) is 4.74 Å². The van der Waals surface area contributed by atoms with Crippen molar-refractivity contribution >= 4 is 5.95 Å². The molecule has 108 valence electrons. The van der Waals surface area contributed by atoms with Crippen molar-refractivity contribution in [3.05, 3.63) is 11.9 Å². The molecule has 1 aromatic heterocycles. The van der Waals surface area contributed by atoms with Gasteiger partial charge in [0.25, 0.3) is 0 Å². The van der Waals surface area contributed by atoms with E-state index in [9.17, 15) is 0 Å². The molecule has 0 amide bonds. The highest BCUT2D eigenvalue weighted by Gasteiger charge is 2.28. The summed E-state index contributed by atoms with van der Waals surface area (Å²) in [6.45, 7) is 8.33. The molecule has 4 heteroatoms. The molecular formula is C15H27N3O. The first-order valence-electron chi connectivity index (χ1n) is 7.30. The summed E-state index contributed by atoms with van der Waals surface area (Å²) in [5, 5.41) is 3.38. The molecule has 1 aliphatic carbocycles. The Hall–Kier alpha value is -1.03. The zero-order valence-electron chi connectivity index (χ0n) is 12.7. The number of nitrogens with one attached hydrogen (secondary N) is 1. The van der Waals surface area contributed by atoms with Crippen molar-refractivity contribution in [2.75, 3.05) is 25.6 Å². The number of aromatic nitrogens is 2. The van der Waals surface area contributed by atoms with Crippen LogP contribution in [0.1, 0.15) is 51.3 Å². The van der Waals surface area contributed by atoms with E-state index in [2.05, 4.69) is 41.8 Å². The first kappa shape index (κ1) is 14.4. The highest BCUT2D eigenvalue weighted by molar-refractivity contribution is 5.29. The van der Waals surface area contributed by atoms with Crippen molar-refractivity contribution in [1.29, 1.82) is 0 Å². The molecule has 1 aromatic rings. The van der Waals surface area contributed by atoms with E-state index < -0.39 is 0 Å². The molecule has 0 saturated heterocycles. The fourth-order valence-electron chi connectivity index (χ4n) is 2.85. The molecule has 0 radical (unpaired) electrons. The third kappa shape index (κ3) is 3.72. The van der Waals surface area contributed by atoms with E-state index in [0.717, 1.165) is 18.2 Å². The molecule has 0 spiro atoms. The van der Waals surface area contributed by atoms with Crippen LogP contribution in [0.25, 0.3) is 0 Å². The summed E-state index contributed by atoms with van der Waals surface area (Å²) in [5.41, 5.74) is 1.60. The van der Waals surface area contributed by atoms with Crippen LogP contribution < -0.4 is 5.32 Å². The molecule has 0 atom stereocenters. The molecule has 19 heavy (non-hydrogen) atoms. The number of nitrogens with zero attached hydrogens (tertiary/aromatic N) is 2. The number of rotatable bonds is 5. The lowest BCUT2D eigenvalue weighted by molar-refractivity contribution is 0.194. The molecule has 1 saturated carbocycles. The van der Waals surface area contributed by atoms with Gasteiger partial charge in [-0.05, 0) is 38.0 Å². The van der Waals surface area contributed by atoms with Crippen LogP contribution in [0, 0.1) is 12.3 Å². The van der Waals surface area contributed by atoms with Crippen molar-refractivity contribution in [3.8, 4) is 0 Å². The molecule has 1 heterocycles. The number of anilines is 1. The van der Waals surface area contributed by atoms with Gasteiger partial charge >= 0.3 is 0 Å². The van der Waals surface area contributed by atoms with Crippen molar-refractivity contribution in [1.82, 2.24) is 9.55 Å². The fourth-order valence-corrected chi connectivity index (χ4v) is 2.85. The van der Waals surface area contributed by atoms with Gasteiger partial charge in [-0.15, -0.1) is 0 Å². The first-order valence-corrected chi connectivity index (χ1v) is 7.30. The van der Waals surface area contributed by atoms with E-state index in [0.29, 0.717) is 18.1 Å². The third-order valence-electron chi connectivity index (χ3n) is 4.14. The second-order valence-corrected chi connectivity index (χ2v) is 6.43. The topological polar surface area (TPSA) is 39.1 Å². The molecule has 0 unspecified atom stereocenters. The van der Waals surface area contributed by atoms with Crippen LogP contribution in [0.4, 0.5) is 5.95 Å². The SMILES string of the molecule is COCCNc1nc(C)cn1C1CCC(C)(C)CC1. The van der Waals surface area contributed by atoms with Gasteiger partial charge in [-0.2, -0.15) is 0 Å². The van der Waals surface area contributed by atoms with Gasteiger partial charge in [0.2, 0.25) is 5.95 Å². The van der Waals surface area contributed by atoms with E-state index >= 15 is 0 Å². The number of hydrogen-bond acceptors (Lipinski definition) is 3. The van der Waals surface area contributed by atoms with Crippen LogP contribution >= 0.6 is 0 Å². The van der Waals surface area contributed by atoms with E-state index in [1.54, 1.807) is 7.11 Å². The second-order valence-electron chi connectivity index (χ2n) is 6.43. The Morgan fingerprint density at radius 1 is 1.42 bits per heavy atom. The first-order chi connectivity index (χ1) is 9.02. The van der Waals surface area contributed by atoms with Gasteiger partial charge in [0.05, 0.1) is 12.3 Å². The number of aryl methyl sites for hydroxylation is 1. The maximum absolute atomic E-state index is 5.08. The molecule has 2 rings (SSSR count). The molecule has 0 bridgehead atoms. The van der Waals surface area contributed by atoms with E-state index in [1.807, 2.05) is 0 Å². The van der Waals surface area contributed by atoms with Crippen LogP contribution in [0.15, 0.2) is 6.20 Å². The van der Waals surface area contributed by atoms with Gasteiger partial charge in [-0.3, -0.25) is 0 Å². The average molecular weight is 265 g/mol. The molecule has 0 aromatic carbocycles. The Morgan fingerprint density at radius 2 is 2.11 bits per heavy atom. The lowest BCUT2D eigenvalue weighted by Gasteiger charge is -2.35. The van der Waals surface area contributed by atoms with Crippen molar-refractivity contribution in [2.45, 2.75) is 52.5 Å². The van der Waals surface area contributed by atoms with Crippen LogP contribution in [-0.4, -0.2) is 29.8 Å². The maximum atomic E-state index is 5.08. The summed E-state index contributed by atoms with van der Waals surface area (Å²) < 4.78 is 7.42. The monoisotopic (exact) mass is 265 g/mol. The number of ether oxygens (including phenoxy) is 1. The Morgan fingerprint density at radius 3 is 2.74 bits per heavy atom. The van der Waals surface area contributed by atoms with Gasteiger partial charge in [-0.1, -0.05) is 13.8 Å². The van der Waals surface area contributed by atoms with Crippen LogP contribution in [0.3, 0.4) is 0 Å². The predicted octanol–water partition coefficient (Wildman–Crippen LogP) is 3.39. The van der Waals surface area contributed by atoms with Gasteiger partial charge in [0, 0.05) is 25.9 Å². The summed E-state index contributed by atoms with van der Waals surface area (Å²) in [5.74, 6) is 0.999. The number of methoxy groups -OCH3 is 1. The lowest BCUT2D eigenvalue weighted by atomic mass is 9.75. The zero-order chi connectivity index (χ0) is 13.9. The summed E-state index contributed by atoms with van der Waals surface area (Å²) in [7, 11) is 1.72. The van der Waals surface area contributed by atoms with Crippen molar-refractivity contribution in [3.63, 3.8) is 0 Å². The normalized spacial score (nSPS) is 19.6. The average Bonchev–Trinajstić information content (AvgIpc) is 2.71. The van der Waals surface area contributed by atoms with Crippen LogP contribution in [0.5, 0.6) is 0 Å². The molecule has 4 nitrogen and oxygen atoms in total. The molecule has 1 aliphatic rings. The molecule has 0 aliphatic heterocycles. The minimum atomic E-state index is 0.510. The summed E-state index contributed by atoms with van der Waals surface area (Å²) >= 11 is 0. The predicted molar refractivity (Wildman–Crippen MR) is 78.6 cm³/mol. The molecular weight excluding hydrogens is 238 g/mol. The minimum Gasteiger partial charge on any atom is -0.383 e. The zero-order valence-corrected chi connectivity index (χ0v) is 12.7. The second kappa shape index (κ2) is 5.95. The van der Waals surface area contributed by atoms with Gasteiger partial charge in [0.15, 0.2) is 0 Å². The van der Waals surface area contributed by atoms with Crippen LogP contribution in [0.2, 0.25) is 0 Å². The summed E-state index contributed by atoms with van der Waals surface area (Å²) in [4.78, 5) is 4.59. The standard InChI is InChI=1S/C15H27N3O/c1-12-11-18(14(17-12)16-9-10-19-4)13-5-7-15(2,3)8-6-13/h11,13H,5-10H2,1-4H3,(H,16,17). The van der Waals surface area contributed by atoms with Gasteiger partial charge < -0.3 is 14.6 Å². The van der Waals surface area contributed by atoms with Crippen molar-refractivity contribution in [2.24, 2.45) is 5.41 Å². The third-order valence-corrected chi connectivity index (χ3v) is 4.14. The largest absolute Gasteiger partial charge is 0.383 e. The fraction of sp³-hybridized carbons (Fsp3) is 0.800. The summed E-state index contributed by atoms with van der Waals surface area (Å²) in [6, 6.07) is 0.597. The quantitative estimate of drug-likeness (QED) is 0.829. The summed E-state index contributed by atoms with van der Waals surface area (Å²) in [6.07, 6.45) is 7.28. The minimum absolute atomic E-state index is 0.510. The molecule has 1 N–H and O–H groups in total. The lowest BCUT2D eigenvalue weighted by Crippen LogP contribution is -2.24. The molecule has 1 fully saturated rings. The Balaban J connectivity index is 2.03. The van der Waals surface area contributed by atoms with E-state index in [-0.39, 0.29) is 0 Å². The van der Waals surface area contributed by atoms with Gasteiger partial charge in [-0.25, -0.2) is 4.98 Å². The number of hydrogen-bond donors (Lipinski definition) is 1. The Bertz CT molecular complexity index is 402. The van der Waals surface area contributed by atoms with Gasteiger partial charge in [0.1, 0.15) is 0 Å². The highest BCUT2D eigenvalue weighted by Crippen LogP contribution is 2.41. The maximum Gasteiger partial charge on any atom is 0.203 e. The highest BCUT2D eigenvalue weighted by atomic mass is 16.5.